The summed E-state index contributed by atoms with van der Waals surface area (Å²) in [6.07, 6.45) is -50.3. The first-order valence-corrected chi connectivity index (χ1v) is 20.8. The molecule has 68 heavy (non-hydrogen) atoms. The smallest absolute Gasteiger partial charge is 0.194 e. The van der Waals surface area contributed by atoms with Crippen LogP contribution in [0.2, 0.25) is 0 Å². The van der Waals surface area contributed by atoms with Crippen LogP contribution >= 0.6 is 12.6 Å². The van der Waals surface area contributed by atoms with Gasteiger partial charge in [-0.1, -0.05) is 60.7 Å². The number of halogens is 24. The van der Waals surface area contributed by atoms with E-state index in [1.165, 1.54) is 11.3 Å². The van der Waals surface area contributed by atoms with E-state index in [1.54, 1.807) is 0 Å². The van der Waals surface area contributed by atoms with Gasteiger partial charge in [-0.2, -0.15) is 127 Å². The van der Waals surface area contributed by atoms with Crippen LogP contribution in [0.3, 0.4) is 0 Å². The number of rotatable bonds is 6. The van der Waals surface area contributed by atoms with Crippen molar-refractivity contribution in [2.45, 2.75) is 60.1 Å². The van der Waals surface area contributed by atoms with Gasteiger partial charge in [0.05, 0.1) is 57.0 Å². The van der Waals surface area contributed by atoms with Crippen LogP contribution in [0.25, 0.3) is 0 Å². The van der Waals surface area contributed by atoms with Crippen molar-refractivity contribution in [1.82, 2.24) is 0 Å². The van der Waals surface area contributed by atoms with Gasteiger partial charge in [0.15, 0.2) is 0 Å². The molecule has 0 saturated carbocycles. The van der Waals surface area contributed by atoms with E-state index < -0.39 is 195 Å². The third-order valence-corrected chi connectivity index (χ3v) is 11.0. The number of benzene rings is 5. The zero-order chi connectivity index (χ0) is 52.2. The molecule has 5 aromatic rings. The molecule has 372 valence electrons. The summed E-state index contributed by atoms with van der Waals surface area (Å²) >= 11 is 4.22. The van der Waals surface area contributed by atoms with Crippen LogP contribution in [-0.2, 0) is 66.1 Å². The largest absolute Gasteiger partial charge is 0.416 e. The van der Waals surface area contributed by atoms with Crippen LogP contribution in [0.1, 0.15) is 50.1 Å². The van der Waals surface area contributed by atoms with Gasteiger partial charge < -0.3 is 0 Å². The van der Waals surface area contributed by atoms with Crippen LogP contribution < -0.4 is 21.9 Å². The van der Waals surface area contributed by atoms with E-state index in [0.29, 0.717) is 10.9 Å². The van der Waals surface area contributed by atoms with E-state index in [4.69, 9.17) is 0 Å². The molecule has 5 aromatic carbocycles. The maximum atomic E-state index is 14.2. The molecule has 27 heteroatoms. The van der Waals surface area contributed by atoms with Crippen molar-refractivity contribution in [3.63, 3.8) is 0 Å². The van der Waals surface area contributed by atoms with Gasteiger partial charge in [0.2, 0.25) is 0 Å². The lowest BCUT2D eigenvalue weighted by atomic mass is 9.12. The predicted octanol–water partition coefficient (Wildman–Crippen LogP) is 13.6. The standard InChI is InChI=1S/C32H12BF24.C9H12S2/c34-25(35,36)13-1-14(26(37,38)39)6-21(5-13)33(22-7-15(27(40,41)42)2-16(8-22)28(43,44)45,23-9-17(29(46,47)48)3-18(10-23)30(49,50)51)24-11-19(31(52,53)54)4-20(12-24)32(55,56)57;1-11(2)7-8-3-5-9(10)6-4-8/h1-12H;3-6H,7H2,1-2H3/q-1;/p+1. The summed E-state index contributed by atoms with van der Waals surface area (Å²) in [5.74, 6) is 1.19. The molecule has 0 amide bonds. The molecule has 0 spiro atoms. The van der Waals surface area contributed by atoms with Gasteiger partial charge in [0, 0.05) is 10.5 Å². The second kappa shape index (κ2) is 18.8. The van der Waals surface area contributed by atoms with E-state index in [9.17, 15) is 105 Å². The number of thiol groups is 1. The molecule has 0 atom stereocenters. The van der Waals surface area contributed by atoms with Crippen LogP contribution in [0.15, 0.2) is 102 Å². The first-order chi connectivity index (χ1) is 30.4. The van der Waals surface area contributed by atoms with Crippen molar-refractivity contribution in [3.8, 4) is 0 Å². The number of alkyl halides is 24. The average molecular weight is 1050 g/mol. The fourth-order valence-electron chi connectivity index (χ4n) is 7.00. The quantitative estimate of drug-likeness (QED) is 0.0745. The Morgan fingerprint density at radius 2 is 0.500 bits per heavy atom. The zero-order valence-corrected chi connectivity index (χ0v) is 35.2. The van der Waals surface area contributed by atoms with E-state index in [-0.39, 0.29) is 0 Å². The van der Waals surface area contributed by atoms with Crippen molar-refractivity contribution in [2.75, 3.05) is 12.5 Å². The lowest BCUT2D eigenvalue weighted by Crippen LogP contribution is -2.75. The fraction of sp³-hybridized carbons (Fsp3) is 0.268. The molecule has 0 radical (unpaired) electrons. The molecule has 0 aliphatic carbocycles. The van der Waals surface area contributed by atoms with Crippen molar-refractivity contribution >= 4 is 51.5 Å². The molecule has 0 aromatic heterocycles. The van der Waals surface area contributed by atoms with Crippen molar-refractivity contribution in [2.24, 2.45) is 0 Å². The average Bonchev–Trinajstić information content (AvgIpc) is 3.16. The third-order valence-electron chi connectivity index (χ3n) is 9.83. The summed E-state index contributed by atoms with van der Waals surface area (Å²) < 4.78 is 341. The maximum Gasteiger partial charge on any atom is 0.416 e. The van der Waals surface area contributed by atoms with E-state index >= 15 is 0 Å². The molecule has 0 N–H and O–H groups in total. The van der Waals surface area contributed by atoms with Gasteiger partial charge in [-0.25, -0.2) is 0 Å². The maximum absolute atomic E-state index is 14.2. The van der Waals surface area contributed by atoms with Crippen molar-refractivity contribution in [1.29, 1.82) is 0 Å². The Hall–Kier alpha value is -4.82. The summed E-state index contributed by atoms with van der Waals surface area (Å²) in [5.41, 5.74) is -28.8. The molecule has 0 aliphatic heterocycles. The molecule has 0 nitrogen and oxygen atoms in total. The Labute approximate surface area is 376 Å². The molecule has 0 heterocycles. The Balaban J connectivity index is 0.000000802. The number of hydrogen-bond donors (Lipinski definition) is 1. The highest BCUT2D eigenvalue weighted by Gasteiger charge is 2.47. The zero-order valence-electron chi connectivity index (χ0n) is 33.4. The lowest BCUT2D eigenvalue weighted by Gasteiger charge is -2.46. The minimum Gasteiger partial charge on any atom is -0.194 e. The topological polar surface area (TPSA) is 0 Å². The minimum absolute atomic E-state index is 0.502. The fourth-order valence-corrected chi connectivity index (χ4v) is 8.00. The summed E-state index contributed by atoms with van der Waals surface area (Å²) in [4.78, 5) is 1.04. The normalized spacial score (nSPS) is 13.7. The molecule has 0 fully saturated rings. The Morgan fingerprint density at radius 1 is 0.324 bits per heavy atom. The summed E-state index contributed by atoms with van der Waals surface area (Å²) in [7, 11) is 0.502. The lowest BCUT2D eigenvalue weighted by molar-refractivity contribution is -0.144. The Kier molecular flexibility index (Phi) is 15.4. The van der Waals surface area contributed by atoms with Crippen molar-refractivity contribution < 1.29 is 105 Å². The summed E-state index contributed by atoms with van der Waals surface area (Å²) in [5, 5.41) is 0. The first-order valence-electron chi connectivity index (χ1n) is 18.1. The van der Waals surface area contributed by atoms with Crippen LogP contribution in [0.4, 0.5) is 105 Å². The monoisotopic (exact) mass is 1050 g/mol. The van der Waals surface area contributed by atoms with Gasteiger partial charge in [0.25, 0.3) is 0 Å². The second-order valence-corrected chi connectivity index (χ2v) is 17.8. The molecule has 5 rings (SSSR count). The van der Waals surface area contributed by atoms with Gasteiger partial charge >= 0.3 is 49.4 Å². The highest BCUT2D eigenvalue weighted by molar-refractivity contribution is 7.94. The third kappa shape index (κ3) is 13.3. The van der Waals surface area contributed by atoms with E-state index in [0.717, 1.165) is 4.90 Å². The molecule has 0 saturated heterocycles. The summed E-state index contributed by atoms with van der Waals surface area (Å²) in [6.45, 7) is 0. The highest BCUT2D eigenvalue weighted by atomic mass is 32.2. The van der Waals surface area contributed by atoms with E-state index in [2.05, 4.69) is 37.3 Å². The van der Waals surface area contributed by atoms with Gasteiger partial charge in [-0.05, 0) is 47.3 Å². The molecular formula is C41H25BF24S2. The van der Waals surface area contributed by atoms with Gasteiger partial charge in [-0.15, -0.1) is 12.6 Å². The molecule has 0 bridgehead atoms. The molecule has 0 unspecified atom stereocenters. The first kappa shape index (κ1) is 55.8. The predicted molar refractivity (Wildman–Crippen MR) is 207 cm³/mol. The molecular weight excluding hydrogens is 1020 g/mol. The number of hydrogen-bond acceptors (Lipinski definition) is 1. The second-order valence-electron chi connectivity index (χ2n) is 15.0. The SMILES string of the molecule is C[S+](C)Cc1ccc(S)cc1.FC(F)(F)c1cc([B-](c2cc(C(F)(F)F)cc(C(F)(F)F)c2)(c2cc(C(F)(F)F)cc(C(F)(F)F)c2)c2cc(C(F)(F)F)cc(C(F)(F)F)c2)cc(C(F)(F)F)c1. The highest BCUT2D eigenvalue weighted by Crippen LogP contribution is 2.41. The van der Waals surface area contributed by atoms with Crippen LogP contribution in [0, 0.1) is 0 Å². The van der Waals surface area contributed by atoms with Gasteiger partial charge in [-0.3, -0.25) is 0 Å². The van der Waals surface area contributed by atoms with Crippen LogP contribution in [0.5, 0.6) is 0 Å². The Bertz CT molecular complexity index is 2140. The van der Waals surface area contributed by atoms with Crippen LogP contribution in [-0.4, -0.2) is 18.7 Å². The Morgan fingerprint density at radius 3 is 0.647 bits per heavy atom. The van der Waals surface area contributed by atoms with Crippen molar-refractivity contribution in [3.05, 3.63) is 147 Å². The van der Waals surface area contributed by atoms with E-state index in [1.807, 2.05) is 12.1 Å². The molecule has 0 aliphatic rings. The minimum atomic E-state index is -6.13. The van der Waals surface area contributed by atoms with Gasteiger partial charge in [0.1, 0.15) is 11.9 Å². The summed E-state index contributed by atoms with van der Waals surface area (Å²) in [6, 6.07) is -0.420.